The predicted octanol–water partition coefficient (Wildman–Crippen LogP) is 3.83. The van der Waals surface area contributed by atoms with Gasteiger partial charge in [0.05, 0.1) is 0 Å². The van der Waals surface area contributed by atoms with Gasteiger partial charge in [-0.1, -0.05) is 15.9 Å². The number of pyridine rings is 1. The molecule has 0 saturated carbocycles. The number of rotatable bonds is 2. The third-order valence-corrected chi connectivity index (χ3v) is 3.18. The molecule has 0 saturated heterocycles. The van der Waals surface area contributed by atoms with Gasteiger partial charge in [-0.25, -0.2) is 8.78 Å². The molecule has 5 heteroatoms. The highest BCUT2D eigenvalue weighted by atomic mass is 127. The van der Waals surface area contributed by atoms with Gasteiger partial charge in [-0.15, -0.1) is 0 Å². The molecule has 0 aromatic carbocycles. The number of hydrogen-bond acceptors (Lipinski definition) is 1. The molecule has 72 valence electrons. The Labute approximate surface area is 97.2 Å². The van der Waals surface area contributed by atoms with Crippen LogP contribution in [-0.2, 0) is 5.33 Å². The van der Waals surface area contributed by atoms with Crippen molar-refractivity contribution in [2.24, 2.45) is 0 Å². The first kappa shape index (κ1) is 11.3. The lowest BCUT2D eigenvalue weighted by molar-refractivity contribution is 0.145. The summed E-state index contributed by atoms with van der Waals surface area (Å²) in [6.07, 6.45) is -2.49. The van der Waals surface area contributed by atoms with Crippen LogP contribution < -0.4 is 0 Å². The monoisotopic (exact) mass is 361 g/mol. The minimum absolute atomic E-state index is 0.147. The van der Waals surface area contributed by atoms with Gasteiger partial charge in [0.15, 0.2) is 0 Å². The average Bonchev–Trinajstić information content (AvgIpc) is 2.03. The van der Waals surface area contributed by atoms with E-state index in [1.807, 2.05) is 22.6 Å². The minimum Gasteiger partial charge on any atom is -0.252 e. The molecule has 0 aliphatic rings. The smallest absolute Gasteiger partial charge is 0.252 e. The Hall–Kier alpha value is 0.220. The van der Waals surface area contributed by atoms with Gasteiger partial charge < -0.3 is 0 Å². The summed E-state index contributed by atoms with van der Waals surface area (Å²) in [6.45, 7) is 1.74. The van der Waals surface area contributed by atoms with E-state index in [2.05, 4.69) is 20.9 Å². The van der Waals surface area contributed by atoms with E-state index in [9.17, 15) is 8.78 Å². The third kappa shape index (κ3) is 2.59. The van der Waals surface area contributed by atoms with Gasteiger partial charge in [0, 0.05) is 14.6 Å². The van der Waals surface area contributed by atoms with Crippen molar-refractivity contribution in [1.82, 2.24) is 4.98 Å². The van der Waals surface area contributed by atoms with Gasteiger partial charge in [-0.05, 0) is 41.1 Å². The Morgan fingerprint density at radius 3 is 2.62 bits per heavy atom. The van der Waals surface area contributed by atoms with E-state index in [0.29, 0.717) is 11.0 Å². The van der Waals surface area contributed by atoms with Gasteiger partial charge in [0.2, 0.25) is 0 Å². The van der Waals surface area contributed by atoms with Gasteiger partial charge in [-0.2, -0.15) is 0 Å². The van der Waals surface area contributed by atoms with Crippen LogP contribution in [0.5, 0.6) is 0 Å². The second kappa shape index (κ2) is 4.63. The molecular weight excluding hydrogens is 355 g/mol. The third-order valence-electron chi connectivity index (χ3n) is 1.65. The quantitative estimate of drug-likeness (QED) is 0.576. The maximum absolute atomic E-state index is 12.3. The highest BCUT2D eigenvalue weighted by Gasteiger charge is 2.13. The van der Waals surface area contributed by atoms with E-state index in [0.717, 1.165) is 9.13 Å². The van der Waals surface area contributed by atoms with Gasteiger partial charge in [0.1, 0.15) is 5.69 Å². The fourth-order valence-corrected chi connectivity index (χ4v) is 3.09. The lowest BCUT2D eigenvalue weighted by Crippen LogP contribution is -1.99. The van der Waals surface area contributed by atoms with Crippen molar-refractivity contribution in [3.05, 3.63) is 26.6 Å². The highest BCUT2D eigenvalue weighted by Crippen LogP contribution is 2.24. The number of aromatic nitrogens is 1. The molecule has 1 aromatic heterocycles. The Kier molecular flexibility index (Phi) is 4.03. The molecule has 0 bridgehead atoms. The Morgan fingerprint density at radius 2 is 2.23 bits per heavy atom. The summed E-state index contributed by atoms with van der Waals surface area (Å²) in [5.41, 5.74) is 1.50. The predicted molar refractivity (Wildman–Crippen MR) is 59.3 cm³/mol. The Bertz CT molecular complexity index is 294. The Balaban J connectivity index is 3.20. The first-order chi connectivity index (χ1) is 6.06. The molecule has 0 radical (unpaired) electrons. The van der Waals surface area contributed by atoms with Crippen LogP contribution in [0.4, 0.5) is 8.78 Å². The lowest BCUT2D eigenvalue weighted by atomic mass is 10.2. The highest BCUT2D eigenvalue weighted by molar-refractivity contribution is 14.1. The summed E-state index contributed by atoms with van der Waals surface area (Å²) >= 11 is 5.33. The van der Waals surface area contributed by atoms with Crippen molar-refractivity contribution in [3.63, 3.8) is 0 Å². The van der Waals surface area contributed by atoms with Crippen molar-refractivity contribution in [2.75, 3.05) is 0 Å². The second-order valence-corrected chi connectivity index (χ2v) is 4.25. The van der Waals surface area contributed by atoms with Crippen LogP contribution in [0.2, 0.25) is 0 Å². The van der Waals surface area contributed by atoms with Gasteiger partial charge in [-0.3, -0.25) is 4.98 Å². The molecule has 0 amide bonds. The minimum atomic E-state index is -2.49. The average molecular weight is 362 g/mol. The largest absolute Gasteiger partial charge is 0.280 e. The molecule has 0 spiro atoms. The summed E-state index contributed by atoms with van der Waals surface area (Å²) in [4.78, 5) is 3.82. The summed E-state index contributed by atoms with van der Waals surface area (Å²) in [6, 6.07) is 1.43. The molecule has 13 heavy (non-hydrogen) atoms. The van der Waals surface area contributed by atoms with Crippen molar-refractivity contribution in [2.45, 2.75) is 18.7 Å². The molecule has 1 nitrogen and oxygen atoms in total. The van der Waals surface area contributed by atoms with E-state index >= 15 is 0 Å². The fourth-order valence-electron chi connectivity index (χ4n) is 0.955. The SMILES string of the molecule is Cc1nc(C(F)F)cc(I)c1CBr. The van der Waals surface area contributed by atoms with E-state index in [1.54, 1.807) is 6.92 Å². The molecule has 1 heterocycles. The topological polar surface area (TPSA) is 12.9 Å². The first-order valence-corrected chi connectivity index (χ1v) is 5.76. The van der Waals surface area contributed by atoms with Crippen LogP contribution in [0.3, 0.4) is 0 Å². The van der Waals surface area contributed by atoms with E-state index in [1.165, 1.54) is 6.07 Å². The second-order valence-electron chi connectivity index (χ2n) is 2.53. The van der Waals surface area contributed by atoms with Crippen LogP contribution in [0, 0.1) is 10.5 Å². The Morgan fingerprint density at radius 1 is 1.62 bits per heavy atom. The molecule has 1 aromatic rings. The zero-order valence-corrected chi connectivity index (χ0v) is 10.6. The zero-order valence-electron chi connectivity index (χ0n) is 6.82. The van der Waals surface area contributed by atoms with Crippen molar-refractivity contribution >= 4 is 38.5 Å². The van der Waals surface area contributed by atoms with Crippen molar-refractivity contribution in [3.8, 4) is 0 Å². The number of hydrogen-bond donors (Lipinski definition) is 0. The normalized spacial score (nSPS) is 10.9. The molecule has 1 rings (SSSR count). The number of halogens is 4. The standard InChI is InChI=1S/C8H7BrF2IN/c1-4-5(3-9)6(12)2-7(13-4)8(10)11/h2,8H,3H2,1H3. The fraction of sp³-hybridized carbons (Fsp3) is 0.375. The first-order valence-electron chi connectivity index (χ1n) is 3.56. The van der Waals surface area contributed by atoms with Crippen LogP contribution >= 0.6 is 38.5 Å². The molecule has 0 N–H and O–H groups in total. The molecule has 0 aliphatic carbocycles. The molecule has 0 aliphatic heterocycles. The molecular formula is C8H7BrF2IN. The summed E-state index contributed by atoms with van der Waals surface area (Å²) in [7, 11) is 0. The van der Waals surface area contributed by atoms with Crippen molar-refractivity contribution < 1.29 is 8.78 Å². The van der Waals surface area contributed by atoms with Crippen LogP contribution in [-0.4, -0.2) is 4.98 Å². The molecule has 0 fully saturated rings. The van der Waals surface area contributed by atoms with Crippen LogP contribution in [0.1, 0.15) is 23.4 Å². The summed E-state index contributed by atoms with van der Waals surface area (Å²) in [5.74, 6) is 0. The van der Waals surface area contributed by atoms with E-state index in [4.69, 9.17) is 0 Å². The van der Waals surface area contributed by atoms with Gasteiger partial charge >= 0.3 is 0 Å². The van der Waals surface area contributed by atoms with Crippen molar-refractivity contribution in [1.29, 1.82) is 0 Å². The maximum atomic E-state index is 12.3. The van der Waals surface area contributed by atoms with E-state index in [-0.39, 0.29) is 5.69 Å². The van der Waals surface area contributed by atoms with Crippen LogP contribution in [0.25, 0.3) is 0 Å². The van der Waals surface area contributed by atoms with Gasteiger partial charge in [0.25, 0.3) is 6.43 Å². The number of nitrogens with zero attached hydrogens (tertiary/aromatic N) is 1. The summed E-state index contributed by atoms with van der Waals surface area (Å²) < 4.78 is 25.4. The number of alkyl halides is 3. The maximum Gasteiger partial charge on any atom is 0.280 e. The summed E-state index contributed by atoms with van der Waals surface area (Å²) in [5, 5.41) is 0.646. The lowest BCUT2D eigenvalue weighted by Gasteiger charge is -2.07. The van der Waals surface area contributed by atoms with Crippen LogP contribution in [0.15, 0.2) is 6.07 Å². The molecule has 0 atom stereocenters. The zero-order chi connectivity index (χ0) is 10.0. The van der Waals surface area contributed by atoms with E-state index < -0.39 is 6.43 Å². The number of aryl methyl sites for hydroxylation is 1. The molecule has 0 unspecified atom stereocenters.